The fourth-order valence-electron chi connectivity index (χ4n) is 3.52. The number of pyridine rings is 1. The Bertz CT molecular complexity index is 1430. The Labute approximate surface area is 177 Å². The Morgan fingerprint density at radius 3 is 2.57 bits per heavy atom. The molecule has 0 unspecified atom stereocenters. The number of rotatable bonds is 4. The van der Waals surface area contributed by atoms with E-state index in [1.165, 1.54) is 0 Å². The van der Waals surface area contributed by atoms with E-state index in [0.29, 0.717) is 16.3 Å². The number of H-pyrrole nitrogens is 1. The van der Waals surface area contributed by atoms with E-state index in [9.17, 15) is 9.90 Å². The van der Waals surface area contributed by atoms with Gasteiger partial charge < -0.3 is 15.4 Å². The summed E-state index contributed by atoms with van der Waals surface area (Å²) in [5.41, 5.74) is 6.10. The van der Waals surface area contributed by atoms with Crippen molar-refractivity contribution in [2.45, 2.75) is 4.90 Å². The number of imidazole rings is 1. The minimum atomic E-state index is -0.995. The lowest BCUT2D eigenvalue weighted by atomic mass is 10.0. The van der Waals surface area contributed by atoms with Crippen molar-refractivity contribution in [1.82, 2.24) is 15.0 Å². The second-order valence-electron chi connectivity index (χ2n) is 6.86. The highest BCUT2D eigenvalue weighted by atomic mass is 32.1. The van der Waals surface area contributed by atoms with Crippen molar-refractivity contribution in [2.75, 3.05) is 5.32 Å². The van der Waals surface area contributed by atoms with E-state index >= 15 is 0 Å². The van der Waals surface area contributed by atoms with Crippen molar-refractivity contribution >= 4 is 51.9 Å². The molecule has 0 aliphatic rings. The summed E-state index contributed by atoms with van der Waals surface area (Å²) in [7, 11) is 0. The summed E-state index contributed by atoms with van der Waals surface area (Å²) >= 11 is 4.57. The van der Waals surface area contributed by atoms with Crippen LogP contribution in [0.25, 0.3) is 33.1 Å². The van der Waals surface area contributed by atoms with Crippen LogP contribution in [0.3, 0.4) is 0 Å². The Morgan fingerprint density at radius 2 is 1.73 bits per heavy atom. The molecule has 5 rings (SSSR count). The van der Waals surface area contributed by atoms with Gasteiger partial charge >= 0.3 is 5.97 Å². The van der Waals surface area contributed by atoms with Gasteiger partial charge in [-0.2, -0.15) is 0 Å². The third kappa shape index (κ3) is 3.15. The zero-order valence-electron chi connectivity index (χ0n) is 15.6. The molecule has 0 bridgehead atoms. The number of nitrogens with one attached hydrogen (secondary N) is 2. The van der Waals surface area contributed by atoms with Crippen LogP contribution in [-0.4, -0.2) is 26.0 Å². The van der Waals surface area contributed by atoms with Gasteiger partial charge in [0, 0.05) is 16.5 Å². The maximum atomic E-state index is 11.6. The number of para-hydroxylation sites is 1. The van der Waals surface area contributed by atoms with E-state index < -0.39 is 5.97 Å². The maximum absolute atomic E-state index is 11.6. The fraction of sp³-hybridized carbons (Fsp3) is 0. The summed E-state index contributed by atoms with van der Waals surface area (Å²) in [4.78, 5) is 24.1. The molecule has 5 aromatic rings. The maximum Gasteiger partial charge on any atom is 0.337 e. The summed E-state index contributed by atoms with van der Waals surface area (Å²) in [6.45, 7) is 0. The second-order valence-corrected chi connectivity index (χ2v) is 7.34. The molecule has 0 saturated carbocycles. The van der Waals surface area contributed by atoms with Crippen LogP contribution >= 0.6 is 12.6 Å². The lowest BCUT2D eigenvalue weighted by Crippen LogP contribution is -2.03. The number of hydrogen-bond donors (Lipinski definition) is 4. The number of hydrogen-bond acceptors (Lipinski definition) is 5. The third-order valence-corrected chi connectivity index (χ3v) is 5.36. The standard InChI is InChI=1S/C23H16N4O2S/c28-23(29)15-3-1-2-4-18(15)27-22-16-9-13(5-7-17(16)24-11-21(22)30)14-6-8-19-20(10-14)26-12-25-19/h1-12,30H,(H,24,27)(H,25,26)(H,28,29). The summed E-state index contributed by atoms with van der Waals surface area (Å²) < 4.78 is 0. The van der Waals surface area contributed by atoms with Gasteiger partial charge in [-0.05, 0) is 47.5 Å². The minimum Gasteiger partial charge on any atom is -0.478 e. The molecular formula is C23H16N4O2S. The normalized spacial score (nSPS) is 11.1. The first-order valence-corrected chi connectivity index (χ1v) is 9.69. The van der Waals surface area contributed by atoms with Gasteiger partial charge in [-0.15, -0.1) is 12.6 Å². The third-order valence-electron chi connectivity index (χ3n) is 5.02. The first kappa shape index (κ1) is 18.2. The van der Waals surface area contributed by atoms with Crippen molar-refractivity contribution < 1.29 is 9.90 Å². The molecule has 2 aromatic heterocycles. The summed E-state index contributed by atoms with van der Waals surface area (Å²) in [5, 5.41) is 13.6. The lowest BCUT2D eigenvalue weighted by molar-refractivity contribution is 0.0698. The van der Waals surface area contributed by atoms with Crippen molar-refractivity contribution in [3.05, 3.63) is 78.8 Å². The van der Waals surface area contributed by atoms with Gasteiger partial charge in [0.05, 0.1) is 39.8 Å². The predicted molar refractivity (Wildman–Crippen MR) is 121 cm³/mol. The van der Waals surface area contributed by atoms with Gasteiger partial charge in [-0.1, -0.05) is 24.3 Å². The van der Waals surface area contributed by atoms with Gasteiger partial charge in [0.2, 0.25) is 0 Å². The molecule has 2 heterocycles. The van der Waals surface area contributed by atoms with Gasteiger partial charge in [0.15, 0.2) is 0 Å². The fourth-order valence-corrected chi connectivity index (χ4v) is 3.76. The molecule has 0 amide bonds. The number of aromatic nitrogens is 3. The van der Waals surface area contributed by atoms with Gasteiger partial charge in [-0.3, -0.25) is 4.98 Å². The number of benzene rings is 3. The lowest BCUT2D eigenvalue weighted by Gasteiger charge is -2.15. The average Bonchev–Trinajstić information content (AvgIpc) is 3.23. The number of carbonyl (C=O) groups is 1. The Kier molecular flexibility index (Phi) is 4.37. The molecule has 0 fully saturated rings. The van der Waals surface area contributed by atoms with Crippen LogP contribution in [0.2, 0.25) is 0 Å². The second kappa shape index (κ2) is 7.20. The van der Waals surface area contributed by atoms with Crippen LogP contribution in [0.5, 0.6) is 0 Å². The average molecular weight is 412 g/mol. The quantitative estimate of drug-likeness (QED) is 0.292. The molecule has 30 heavy (non-hydrogen) atoms. The highest BCUT2D eigenvalue weighted by Crippen LogP contribution is 2.35. The molecule has 0 atom stereocenters. The molecule has 0 radical (unpaired) electrons. The number of aromatic amines is 1. The highest BCUT2D eigenvalue weighted by molar-refractivity contribution is 7.80. The van der Waals surface area contributed by atoms with Gasteiger partial charge in [0.25, 0.3) is 0 Å². The minimum absolute atomic E-state index is 0.191. The Balaban J connectivity index is 1.66. The molecule has 0 aliphatic carbocycles. The first-order valence-electron chi connectivity index (χ1n) is 9.25. The molecule has 0 saturated heterocycles. The molecule has 0 aliphatic heterocycles. The Morgan fingerprint density at radius 1 is 0.967 bits per heavy atom. The van der Waals surface area contributed by atoms with Gasteiger partial charge in [-0.25, -0.2) is 9.78 Å². The van der Waals surface area contributed by atoms with Crippen molar-refractivity contribution in [3.63, 3.8) is 0 Å². The molecule has 3 aromatic carbocycles. The van der Waals surface area contributed by atoms with Crippen molar-refractivity contribution in [3.8, 4) is 11.1 Å². The van der Waals surface area contributed by atoms with E-state index in [1.54, 1.807) is 36.8 Å². The summed E-state index contributed by atoms with van der Waals surface area (Å²) in [6.07, 6.45) is 3.33. The number of carboxylic acids is 1. The number of nitrogens with zero attached hydrogens (tertiary/aromatic N) is 2. The summed E-state index contributed by atoms with van der Waals surface area (Å²) in [6, 6.07) is 18.8. The van der Waals surface area contributed by atoms with Crippen LogP contribution in [0.4, 0.5) is 11.4 Å². The number of thiol groups is 1. The number of anilines is 2. The zero-order valence-corrected chi connectivity index (χ0v) is 16.5. The predicted octanol–water partition coefficient (Wildman–Crippen LogP) is 5.51. The smallest absolute Gasteiger partial charge is 0.337 e. The van der Waals surface area contributed by atoms with E-state index in [0.717, 1.165) is 33.1 Å². The van der Waals surface area contributed by atoms with Crippen molar-refractivity contribution in [1.29, 1.82) is 0 Å². The van der Waals surface area contributed by atoms with Crippen LogP contribution < -0.4 is 5.32 Å². The molecule has 7 heteroatoms. The number of carboxylic acid groups (broad SMARTS) is 1. The Hall–Kier alpha value is -3.84. The van der Waals surface area contributed by atoms with E-state index in [1.807, 2.05) is 36.4 Å². The van der Waals surface area contributed by atoms with Crippen LogP contribution in [-0.2, 0) is 0 Å². The van der Waals surface area contributed by atoms with Gasteiger partial charge in [0.1, 0.15) is 0 Å². The molecule has 6 nitrogen and oxygen atoms in total. The molecule has 146 valence electrons. The molecule has 3 N–H and O–H groups in total. The SMILES string of the molecule is O=C(O)c1ccccc1Nc1c(S)cnc2ccc(-c3ccc4nc[nH]c4c3)cc12. The number of fused-ring (bicyclic) bond motifs is 2. The van der Waals surface area contributed by atoms with Crippen molar-refractivity contribution in [2.24, 2.45) is 0 Å². The first-order chi connectivity index (χ1) is 14.6. The largest absolute Gasteiger partial charge is 0.478 e. The summed E-state index contributed by atoms with van der Waals surface area (Å²) in [5.74, 6) is -0.995. The van der Waals surface area contributed by atoms with E-state index in [2.05, 4.69) is 32.9 Å². The molecule has 0 spiro atoms. The van der Waals surface area contributed by atoms with Crippen LogP contribution in [0.15, 0.2) is 78.1 Å². The number of aromatic carboxylic acids is 1. The zero-order chi connectivity index (χ0) is 20.7. The van der Waals surface area contributed by atoms with E-state index in [4.69, 9.17) is 0 Å². The van der Waals surface area contributed by atoms with Crippen LogP contribution in [0.1, 0.15) is 10.4 Å². The monoisotopic (exact) mass is 412 g/mol. The topological polar surface area (TPSA) is 90.9 Å². The highest BCUT2D eigenvalue weighted by Gasteiger charge is 2.14. The molecular weight excluding hydrogens is 396 g/mol. The van der Waals surface area contributed by atoms with Crippen LogP contribution in [0, 0.1) is 0 Å². The van der Waals surface area contributed by atoms with E-state index in [-0.39, 0.29) is 5.56 Å².